The number of likely N-dealkylation sites (N-methyl/N-ethyl adjacent to an activating group) is 1. The van der Waals surface area contributed by atoms with Crippen LogP contribution in [0.1, 0.15) is 23.7 Å². The summed E-state index contributed by atoms with van der Waals surface area (Å²) >= 11 is 0. The van der Waals surface area contributed by atoms with Crippen LogP contribution in [0.2, 0.25) is 0 Å². The van der Waals surface area contributed by atoms with Crippen molar-refractivity contribution >= 4 is 12.2 Å². The summed E-state index contributed by atoms with van der Waals surface area (Å²) in [6, 6.07) is 8.55. The zero-order valence-electron chi connectivity index (χ0n) is 14.5. The lowest BCUT2D eigenvalue weighted by atomic mass is 10.1. The van der Waals surface area contributed by atoms with E-state index in [9.17, 15) is 0 Å². The van der Waals surface area contributed by atoms with Crippen LogP contribution in [0.3, 0.4) is 0 Å². The molecule has 0 spiro atoms. The zero-order valence-corrected chi connectivity index (χ0v) is 14.5. The highest BCUT2D eigenvalue weighted by atomic mass is 15.4. The van der Waals surface area contributed by atoms with Crippen molar-refractivity contribution in [3.8, 4) is 0 Å². The van der Waals surface area contributed by atoms with Gasteiger partial charge in [0, 0.05) is 32.7 Å². The van der Waals surface area contributed by atoms with E-state index in [0.717, 1.165) is 37.4 Å². The number of rotatable bonds is 5. The number of aromatic nitrogens is 2. The van der Waals surface area contributed by atoms with Crippen LogP contribution in [0.15, 0.2) is 35.6 Å². The van der Waals surface area contributed by atoms with E-state index in [1.807, 2.05) is 13.1 Å². The highest BCUT2D eigenvalue weighted by molar-refractivity contribution is 5.79. The average Bonchev–Trinajstić information content (AvgIpc) is 2.92. The third-order valence-corrected chi connectivity index (χ3v) is 4.46. The summed E-state index contributed by atoms with van der Waals surface area (Å²) in [5, 5.41) is 4.35. The van der Waals surface area contributed by atoms with Crippen molar-refractivity contribution < 1.29 is 0 Å². The fraction of sp³-hybridized carbons (Fsp3) is 0.444. The molecule has 1 aromatic heterocycles. The molecule has 0 radical (unpaired) electrons. The van der Waals surface area contributed by atoms with Crippen molar-refractivity contribution in [3.05, 3.63) is 47.3 Å². The summed E-state index contributed by atoms with van der Waals surface area (Å²) in [7, 11) is 0. The Hall–Kier alpha value is -2.18. The molecule has 0 amide bonds. The normalized spacial score (nSPS) is 16.9. The highest BCUT2D eigenvalue weighted by Gasteiger charge is 2.15. The van der Waals surface area contributed by atoms with Gasteiger partial charge in [0.15, 0.2) is 0 Å². The molecule has 2 heterocycles. The van der Waals surface area contributed by atoms with Gasteiger partial charge in [-0.1, -0.05) is 31.2 Å². The van der Waals surface area contributed by atoms with E-state index in [0.29, 0.717) is 5.95 Å². The molecule has 1 aliphatic rings. The Morgan fingerprint density at radius 2 is 1.79 bits per heavy atom. The molecule has 24 heavy (non-hydrogen) atoms. The third kappa shape index (κ3) is 4.21. The summed E-state index contributed by atoms with van der Waals surface area (Å²) in [6.45, 7) is 10.9. The van der Waals surface area contributed by atoms with Crippen LogP contribution in [0.5, 0.6) is 0 Å². The summed E-state index contributed by atoms with van der Waals surface area (Å²) in [4.78, 5) is 9.15. The summed E-state index contributed by atoms with van der Waals surface area (Å²) < 4.78 is 1.59. The van der Waals surface area contributed by atoms with E-state index in [1.165, 1.54) is 18.7 Å². The Labute approximate surface area is 143 Å². The zero-order chi connectivity index (χ0) is 16.9. The molecule has 0 atom stereocenters. The van der Waals surface area contributed by atoms with Crippen LogP contribution in [0.4, 0.5) is 5.95 Å². The van der Waals surface area contributed by atoms with Crippen molar-refractivity contribution in [2.75, 3.05) is 38.5 Å². The topological polar surface area (TPSA) is 62.7 Å². The van der Waals surface area contributed by atoms with Gasteiger partial charge in [0.05, 0.1) is 18.1 Å². The van der Waals surface area contributed by atoms with Crippen molar-refractivity contribution in [1.82, 2.24) is 19.5 Å². The molecule has 3 rings (SSSR count). The minimum absolute atomic E-state index is 0.409. The predicted molar refractivity (Wildman–Crippen MR) is 98.2 cm³/mol. The predicted octanol–water partition coefficient (Wildman–Crippen LogP) is 1.79. The number of hydrogen-bond donors (Lipinski definition) is 1. The van der Waals surface area contributed by atoms with Gasteiger partial charge in [0.2, 0.25) is 5.95 Å². The minimum atomic E-state index is 0.409. The maximum Gasteiger partial charge on any atom is 0.221 e. The van der Waals surface area contributed by atoms with Gasteiger partial charge < -0.3 is 10.6 Å². The molecule has 0 unspecified atom stereocenters. The number of piperazine rings is 1. The van der Waals surface area contributed by atoms with E-state index in [4.69, 9.17) is 5.73 Å². The Kier molecular flexibility index (Phi) is 5.27. The first-order chi connectivity index (χ1) is 11.6. The van der Waals surface area contributed by atoms with Gasteiger partial charge in [0.25, 0.3) is 0 Å². The lowest BCUT2D eigenvalue weighted by Gasteiger charge is -2.34. The van der Waals surface area contributed by atoms with E-state index in [-0.39, 0.29) is 0 Å². The van der Waals surface area contributed by atoms with Crippen LogP contribution >= 0.6 is 0 Å². The fourth-order valence-electron chi connectivity index (χ4n) is 2.96. The molecule has 1 aliphatic heterocycles. The third-order valence-electron chi connectivity index (χ3n) is 4.46. The highest BCUT2D eigenvalue weighted by Crippen LogP contribution is 2.10. The Morgan fingerprint density at radius 3 is 2.38 bits per heavy atom. The van der Waals surface area contributed by atoms with E-state index < -0.39 is 0 Å². The Balaban J connectivity index is 1.56. The largest absolute Gasteiger partial charge is 0.368 e. The molecule has 0 aliphatic carbocycles. The van der Waals surface area contributed by atoms with Gasteiger partial charge in [-0.15, -0.1) is 0 Å². The average molecular weight is 326 g/mol. The van der Waals surface area contributed by atoms with E-state index >= 15 is 0 Å². The van der Waals surface area contributed by atoms with Crippen molar-refractivity contribution in [2.45, 2.75) is 20.4 Å². The maximum absolute atomic E-state index is 5.78. The Bertz CT molecular complexity index is 680. The summed E-state index contributed by atoms with van der Waals surface area (Å²) in [6.07, 6.45) is 3.62. The van der Waals surface area contributed by atoms with Crippen LogP contribution in [0, 0.1) is 6.92 Å². The molecule has 0 bridgehead atoms. The molecule has 1 saturated heterocycles. The molecule has 1 fully saturated rings. The quantitative estimate of drug-likeness (QED) is 0.851. The van der Waals surface area contributed by atoms with Gasteiger partial charge >= 0.3 is 0 Å². The van der Waals surface area contributed by atoms with Crippen LogP contribution in [0.25, 0.3) is 0 Å². The summed E-state index contributed by atoms with van der Waals surface area (Å²) in [5.74, 6) is 0.409. The first-order valence-corrected chi connectivity index (χ1v) is 8.53. The lowest BCUT2D eigenvalue weighted by Crippen LogP contribution is -2.45. The van der Waals surface area contributed by atoms with E-state index in [1.54, 1.807) is 10.9 Å². The molecule has 128 valence electrons. The first-order valence-electron chi connectivity index (χ1n) is 8.53. The van der Waals surface area contributed by atoms with Gasteiger partial charge in [-0.25, -0.2) is 9.66 Å². The fourth-order valence-corrected chi connectivity index (χ4v) is 2.96. The number of nitrogens with two attached hydrogens (primary N) is 1. The van der Waals surface area contributed by atoms with Gasteiger partial charge in [-0.3, -0.25) is 4.90 Å². The van der Waals surface area contributed by atoms with Crippen LogP contribution < -0.4 is 5.73 Å². The number of nitrogen functional groups attached to an aromatic ring is 1. The first kappa shape index (κ1) is 16.7. The molecule has 2 aromatic rings. The second-order valence-corrected chi connectivity index (χ2v) is 6.28. The molecular formula is C18H26N6. The molecular weight excluding hydrogens is 300 g/mol. The number of benzene rings is 1. The number of imidazole rings is 1. The van der Waals surface area contributed by atoms with Gasteiger partial charge in [0.1, 0.15) is 0 Å². The molecule has 6 nitrogen and oxygen atoms in total. The minimum Gasteiger partial charge on any atom is -0.368 e. The molecule has 0 saturated carbocycles. The Morgan fingerprint density at radius 1 is 1.12 bits per heavy atom. The number of aryl methyl sites for hydroxylation is 1. The van der Waals surface area contributed by atoms with Crippen molar-refractivity contribution in [2.24, 2.45) is 5.10 Å². The second kappa shape index (κ2) is 7.59. The van der Waals surface area contributed by atoms with Crippen molar-refractivity contribution in [3.63, 3.8) is 0 Å². The van der Waals surface area contributed by atoms with Gasteiger partial charge in [-0.2, -0.15) is 5.10 Å². The SMILES string of the molecule is CCN1CCN(Cc2ccc(C=Nn3cc(C)nc3N)cc2)CC1. The van der Waals surface area contributed by atoms with Crippen LogP contribution in [-0.4, -0.2) is 58.4 Å². The van der Waals surface area contributed by atoms with Crippen LogP contribution in [-0.2, 0) is 6.54 Å². The maximum atomic E-state index is 5.78. The summed E-state index contributed by atoms with van der Waals surface area (Å²) in [5.41, 5.74) is 9.05. The molecule has 2 N–H and O–H groups in total. The number of hydrogen-bond acceptors (Lipinski definition) is 5. The standard InChI is InChI=1S/C18H26N6/c1-3-22-8-10-23(11-9-22)14-17-6-4-16(5-7-17)12-20-24-13-15(2)21-18(24)19/h4-7,12-13H,3,8-11,14H2,1-2H3,(H2,19,21). The molecule has 1 aromatic carbocycles. The number of anilines is 1. The second-order valence-electron chi connectivity index (χ2n) is 6.28. The number of nitrogens with zero attached hydrogens (tertiary/aromatic N) is 5. The lowest BCUT2D eigenvalue weighted by molar-refractivity contribution is 0.132. The van der Waals surface area contributed by atoms with Gasteiger partial charge in [-0.05, 0) is 24.6 Å². The molecule has 6 heteroatoms. The smallest absolute Gasteiger partial charge is 0.221 e. The van der Waals surface area contributed by atoms with Crippen molar-refractivity contribution in [1.29, 1.82) is 0 Å². The van der Waals surface area contributed by atoms with E-state index in [2.05, 4.69) is 51.1 Å². The monoisotopic (exact) mass is 326 g/mol.